The van der Waals surface area contributed by atoms with Gasteiger partial charge in [-0.25, -0.2) is 0 Å². The van der Waals surface area contributed by atoms with Gasteiger partial charge in [-0.3, -0.25) is 0 Å². The molecule has 2 aromatic rings. The van der Waals surface area contributed by atoms with Crippen molar-refractivity contribution in [3.8, 4) is 5.75 Å². The van der Waals surface area contributed by atoms with Crippen LogP contribution in [0.4, 0.5) is 0 Å². The maximum Gasteiger partial charge on any atom is 0.130 e. The fourth-order valence-electron chi connectivity index (χ4n) is 4.58. The van der Waals surface area contributed by atoms with Crippen LogP contribution < -0.4 is 4.74 Å². The van der Waals surface area contributed by atoms with Crippen molar-refractivity contribution in [3.05, 3.63) is 63.2 Å². The molecule has 0 aromatic heterocycles. The summed E-state index contributed by atoms with van der Waals surface area (Å²) in [6.07, 6.45) is -5.09. The number of aliphatic hydroxyl groups excluding tert-OH is 4. The molecule has 1 unspecified atom stereocenters. The van der Waals surface area contributed by atoms with Gasteiger partial charge in [0.25, 0.3) is 0 Å². The molecule has 7 heteroatoms. The highest BCUT2D eigenvalue weighted by Crippen LogP contribution is 2.46. The Balaban J connectivity index is 1.74. The van der Waals surface area contributed by atoms with Gasteiger partial charge in [0.15, 0.2) is 0 Å². The number of hydrogen-bond acceptors (Lipinski definition) is 6. The molecule has 4 N–H and O–H groups in total. The highest BCUT2D eigenvalue weighted by atomic mass is 35.5. The van der Waals surface area contributed by atoms with Gasteiger partial charge in [-0.2, -0.15) is 0 Å². The summed E-state index contributed by atoms with van der Waals surface area (Å²) in [5, 5.41) is 41.4. The van der Waals surface area contributed by atoms with E-state index in [1.807, 2.05) is 13.0 Å². The molecule has 0 amide bonds. The van der Waals surface area contributed by atoms with E-state index in [0.717, 1.165) is 16.7 Å². The third kappa shape index (κ3) is 4.28. The van der Waals surface area contributed by atoms with Crippen molar-refractivity contribution in [2.45, 2.75) is 76.2 Å². The molecule has 2 heterocycles. The highest BCUT2D eigenvalue weighted by Gasteiger charge is 2.46. The van der Waals surface area contributed by atoms with E-state index in [1.165, 1.54) is 5.56 Å². The average molecular weight is 463 g/mol. The van der Waals surface area contributed by atoms with E-state index in [-0.39, 0.29) is 6.10 Å². The molecule has 1 fully saturated rings. The first-order valence-corrected chi connectivity index (χ1v) is 11.5. The zero-order valence-corrected chi connectivity index (χ0v) is 19.3. The number of benzene rings is 2. The second-order valence-corrected chi connectivity index (χ2v) is 9.58. The van der Waals surface area contributed by atoms with Gasteiger partial charge in [0.05, 0.1) is 11.6 Å². The minimum atomic E-state index is -1.46. The van der Waals surface area contributed by atoms with Gasteiger partial charge in [-0.1, -0.05) is 49.7 Å². The Morgan fingerprint density at radius 1 is 1.06 bits per heavy atom. The lowest BCUT2D eigenvalue weighted by molar-refractivity contribution is -0.232. The zero-order chi connectivity index (χ0) is 23.2. The van der Waals surface area contributed by atoms with Crippen molar-refractivity contribution < 1.29 is 29.9 Å². The molecule has 174 valence electrons. The molecule has 2 aliphatic heterocycles. The van der Waals surface area contributed by atoms with E-state index in [0.29, 0.717) is 35.1 Å². The third-order valence-corrected chi connectivity index (χ3v) is 6.93. The van der Waals surface area contributed by atoms with Crippen molar-refractivity contribution in [1.29, 1.82) is 0 Å². The molecule has 0 saturated carbocycles. The van der Waals surface area contributed by atoms with Crippen LogP contribution >= 0.6 is 11.6 Å². The molecule has 0 radical (unpaired) electrons. The van der Waals surface area contributed by atoms with Crippen LogP contribution in [0.1, 0.15) is 60.6 Å². The van der Waals surface area contributed by atoms with Crippen LogP contribution in [0.2, 0.25) is 5.02 Å². The van der Waals surface area contributed by atoms with E-state index in [9.17, 15) is 20.4 Å². The van der Waals surface area contributed by atoms with Gasteiger partial charge in [0.1, 0.15) is 42.4 Å². The van der Waals surface area contributed by atoms with Gasteiger partial charge in [0.2, 0.25) is 0 Å². The molecule has 2 aliphatic rings. The van der Waals surface area contributed by atoms with Crippen molar-refractivity contribution in [2.24, 2.45) is 0 Å². The number of aliphatic hydroxyl groups is 4. The number of fused-ring (bicyclic) bond motifs is 1. The largest absolute Gasteiger partial charge is 0.490 e. The second-order valence-electron chi connectivity index (χ2n) is 9.20. The predicted octanol–water partition coefficient (Wildman–Crippen LogP) is 2.89. The summed E-state index contributed by atoms with van der Waals surface area (Å²) in [6, 6.07) is 10.3. The van der Waals surface area contributed by atoms with Gasteiger partial charge in [0, 0.05) is 17.5 Å². The van der Waals surface area contributed by atoms with Crippen molar-refractivity contribution >= 4 is 11.6 Å². The number of ether oxygens (including phenoxy) is 2. The van der Waals surface area contributed by atoms with Gasteiger partial charge < -0.3 is 29.9 Å². The number of rotatable bonds is 5. The zero-order valence-electron chi connectivity index (χ0n) is 18.5. The van der Waals surface area contributed by atoms with E-state index in [4.69, 9.17) is 21.1 Å². The van der Waals surface area contributed by atoms with Gasteiger partial charge in [-0.15, -0.1) is 0 Å². The first kappa shape index (κ1) is 23.5. The molecule has 0 bridgehead atoms. The Hall–Kier alpha value is -1.67. The highest BCUT2D eigenvalue weighted by molar-refractivity contribution is 6.32. The molecular weight excluding hydrogens is 432 g/mol. The summed E-state index contributed by atoms with van der Waals surface area (Å²) in [7, 11) is 0. The molecule has 4 rings (SSSR count). The monoisotopic (exact) mass is 462 g/mol. The fraction of sp³-hybridized carbons (Fsp3) is 0.520. The molecule has 1 saturated heterocycles. The normalized spacial score (nSPS) is 29.8. The van der Waals surface area contributed by atoms with Crippen LogP contribution in [-0.4, -0.2) is 57.6 Å². The second kappa shape index (κ2) is 9.29. The third-order valence-electron chi connectivity index (χ3n) is 6.46. The predicted molar refractivity (Wildman–Crippen MR) is 121 cm³/mol. The lowest BCUT2D eigenvalue weighted by atomic mass is 9.88. The molecule has 2 aromatic carbocycles. The molecule has 6 atom stereocenters. The summed E-state index contributed by atoms with van der Waals surface area (Å²) in [5.74, 6) is 0.995. The molecular formula is C25H31ClO6. The maximum atomic E-state index is 10.7. The number of hydrogen-bond donors (Lipinski definition) is 4. The number of halogens is 1. The van der Waals surface area contributed by atoms with E-state index < -0.39 is 37.1 Å². The van der Waals surface area contributed by atoms with E-state index >= 15 is 0 Å². The fourth-order valence-corrected chi connectivity index (χ4v) is 4.86. The quantitative estimate of drug-likeness (QED) is 0.545. The van der Waals surface area contributed by atoms with Crippen LogP contribution in [0.25, 0.3) is 0 Å². The summed E-state index contributed by atoms with van der Waals surface area (Å²) < 4.78 is 11.8. The lowest BCUT2D eigenvalue weighted by Gasteiger charge is -2.40. The minimum absolute atomic E-state index is 0.0910. The summed E-state index contributed by atoms with van der Waals surface area (Å²) >= 11 is 6.79. The maximum absolute atomic E-state index is 10.7. The Bertz CT molecular complexity index is 958. The standard InChI is InChI=1S/C25H31ClO6/c1-12(2)15-6-4-14(5-7-15)9-16-10-18(24-17(20(16)26)8-13(3)31-24)25-23(30)22(29)21(28)19(11-27)32-25/h4-7,10,12-13,19,21-23,25,27-30H,8-9,11H2,1-3H3/t13?,19-,21-,22+,23-,25+/m1/s1. The molecule has 0 aliphatic carbocycles. The van der Waals surface area contributed by atoms with Crippen LogP contribution in [0, 0.1) is 0 Å². The van der Waals surface area contributed by atoms with Crippen molar-refractivity contribution in [1.82, 2.24) is 0 Å². The smallest absolute Gasteiger partial charge is 0.130 e. The van der Waals surface area contributed by atoms with Crippen LogP contribution in [0.15, 0.2) is 30.3 Å². The SMILES string of the molecule is CC1Cc2c(Cl)c(Cc3ccc(C(C)C)cc3)cc([C@@H]3O[C@H](CO)[C@@H](O)[C@H](O)[C@H]3O)c2O1. The van der Waals surface area contributed by atoms with E-state index in [2.05, 4.69) is 38.1 Å². The Labute approximate surface area is 193 Å². The topological polar surface area (TPSA) is 99.4 Å². The summed E-state index contributed by atoms with van der Waals surface area (Å²) in [6.45, 7) is 5.77. The molecule has 0 spiro atoms. The lowest BCUT2D eigenvalue weighted by Crippen LogP contribution is -2.55. The van der Waals surface area contributed by atoms with Crippen molar-refractivity contribution in [3.63, 3.8) is 0 Å². The van der Waals surface area contributed by atoms with Gasteiger partial charge in [-0.05, 0) is 42.0 Å². The Kier molecular flexibility index (Phi) is 6.82. The Morgan fingerprint density at radius 3 is 2.38 bits per heavy atom. The summed E-state index contributed by atoms with van der Waals surface area (Å²) in [4.78, 5) is 0. The van der Waals surface area contributed by atoms with Gasteiger partial charge >= 0.3 is 0 Å². The summed E-state index contributed by atoms with van der Waals surface area (Å²) in [5.41, 5.74) is 4.65. The first-order valence-electron chi connectivity index (χ1n) is 11.1. The minimum Gasteiger partial charge on any atom is -0.490 e. The Morgan fingerprint density at radius 2 is 1.75 bits per heavy atom. The molecule has 32 heavy (non-hydrogen) atoms. The van der Waals surface area contributed by atoms with Crippen LogP contribution in [0.5, 0.6) is 5.75 Å². The van der Waals surface area contributed by atoms with Crippen LogP contribution in [0.3, 0.4) is 0 Å². The molecule has 6 nitrogen and oxygen atoms in total. The van der Waals surface area contributed by atoms with E-state index in [1.54, 1.807) is 0 Å². The van der Waals surface area contributed by atoms with Crippen molar-refractivity contribution in [2.75, 3.05) is 6.61 Å². The van der Waals surface area contributed by atoms with Crippen LogP contribution in [-0.2, 0) is 17.6 Å². The first-order chi connectivity index (χ1) is 15.2. The average Bonchev–Trinajstić information content (AvgIpc) is 3.17.